The van der Waals surface area contributed by atoms with E-state index in [0.29, 0.717) is 22.7 Å². The maximum atomic E-state index is 12.8. The molecular weight excluding hydrogens is 328 g/mol. The molecule has 0 aromatic heterocycles. The Labute approximate surface area is 150 Å². The number of hydrogen-bond acceptors (Lipinski definition) is 3. The van der Waals surface area contributed by atoms with Gasteiger partial charge in [-0.1, -0.05) is 48.5 Å². The Balaban J connectivity index is 1.62. The first-order valence-corrected chi connectivity index (χ1v) is 8.23. The monoisotopic (exact) mass is 344 g/mol. The van der Waals surface area contributed by atoms with E-state index in [2.05, 4.69) is 10.6 Å². The van der Waals surface area contributed by atoms with Crippen molar-refractivity contribution in [2.75, 3.05) is 17.2 Å². The molecule has 0 saturated carbocycles. The standard InChI is InChI=1S/C21H16N2O3/c24-20-13-26-19-11-10-15(12-18(19)23-20)22-21(25)17-9-5-4-8-16(17)14-6-2-1-3-7-14/h1-12H,13H2,(H,22,25)(H,23,24). The summed E-state index contributed by atoms with van der Waals surface area (Å²) >= 11 is 0. The van der Waals surface area contributed by atoms with Crippen LogP contribution in [0.25, 0.3) is 11.1 Å². The molecule has 128 valence electrons. The van der Waals surface area contributed by atoms with Crippen LogP contribution >= 0.6 is 0 Å². The van der Waals surface area contributed by atoms with Crippen molar-refractivity contribution in [2.45, 2.75) is 0 Å². The third-order valence-corrected chi connectivity index (χ3v) is 4.13. The molecule has 0 radical (unpaired) electrons. The second-order valence-electron chi connectivity index (χ2n) is 5.91. The Morgan fingerprint density at radius 3 is 2.58 bits per heavy atom. The number of amides is 2. The van der Waals surface area contributed by atoms with Crippen molar-refractivity contribution in [3.8, 4) is 16.9 Å². The van der Waals surface area contributed by atoms with E-state index in [1.54, 1.807) is 24.3 Å². The van der Waals surface area contributed by atoms with E-state index in [1.165, 1.54) is 0 Å². The Morgan fingerprint density at radius 1 is 0.962 bits per heavy atom. The molecule has 1 heterocycles. The van der Waals surface area contributed by atoms with Gasteiger partial charge in [0.15, 0.2) is 6.61 Å². The Hall–Kier alpha value is -3.60. The minimum atomic E-state index is -0.215. The smallest absolute Gasteiger partial charge is 0.262 e. The first-order valence-electron chi connectivity index (χ1n) is 8.23. The first-order chi connectivity index (χ1) is 12.7. The van der Waals surface area contributed by atoms with Gasteiger partial charge in [0.05, 0.1) is 5.69 Å². The van der Waals surface area contributed by atoms with Gasteiger partial charge < -0.3 is 15.4 Å². The molecule has 0 atom stereocenters. The average molecular weight is 344 g/mol. The van der Waals surface area contributed by atoms with Crippen LogP contribution in [0.15, 0.2) is 72.8 Å². The van der Waals surface area contributed by atoms with Crippen LogP contribution < -0.4 is 15.4 Å². The fourth-order valence-corrected chi connectivity index (χ4v) is 2.91. The number of nitrogens with one attached hydrogen (secondary N) is 2. The molecule has 0 aliphatic carbocycles. The molecule has 0 unspecified atom stereocenters. The zero-order valence-electron chi connectivity index (χ0n) is 13.9. The van der Waals surface area contributed by atoms with Gasteiger partial charge in [0, 0.05) is 11.3 Å². The molecule has 1 aliphatic heterocycles. The summed E-state index contributed by atoms with van der Waals surface area (Å²) in [4.78, 5) is 24.3. The molecule has 3 aromatic carbocycles. The third-order valence-electron chi connectivity index (χ3n) is 4.13. The van der Waals surface area contributed by atoms with E-state index in [1.807, 2.05) is 48.5 Å². The van der Waals surface area contributed by atoms with Crippen LogP contribution in [0.1, 0.15) is 10.4 Å². The van der Waals surface area contributed by atoms with E-state index in [9.17, 15) is 9.59 Å². The number of carbonyl (C=O) groups excluding carboxylic acids is 2. The van der Waals surface area contributed by atoms with Crippen molar-refractivity contribution in [3.63, 3.8) is 0 Å². The van der Waals surface area contributed by atoms with Crippen molar-refractivity contribution in [2.24, 2.45) is 0 Å². The van der Waals surface area contributed by atoms with Gasteiger partial charge >= 0.3 is 0 Å². The minimum Gasteiger partial charge on any atom is -0.482 e. The summed E-state index contributed by atoms with van der Waals surface area (Å²) in [6, 6.07) is 22.4. The van der Waals surface area contributed by atoms with Crippen LogP contribution in [-0.4, -0.2) is 18.4 Å². The Kier molecular flexibility index (Phi) is 4.11. The Bertz CT molecular complexity index is 984. The van der Waals surface area contributed by atoms with E-state index in [0.717, 1.165) is 11.1 Å². The molecule has 5 nitrogen and oxygen atoms in total. The summed E-state index contributed by atoms with van der Waals surface area (Å²) in [7, 11) is 0. The summed E-state index contributed by atoms with van der Waals surface area (Å²) in [5.74, 6) is 0.162. The highest BCUT2D eigenvalue weighted by atomic mass is 16.5. The summed E-state index contributed by atoms with van der Waals surface area (Å²) in [6.45, 7) is 0.00313. The fourth-order valence-electron chi connectivity index (χ4n) is 2.91. The average Bonchev–Trinajstić information content (AvgIpc) is 2.68. The van der Waals surface area contributed by atoms with Gasteiger partial charge in [-0.25, -0.2) is 0 Å². The van der Waals surface area contributed by atoms with E-state index < -0.39 is 0 Å². The lowest BCUT2D eigenvalue weighted by molar-refractivity contribution is -0.118. The van der Waals surface area contributed by atoms with Crippen molar-refractivity contribution in [1.82, 2.24) is 0 Å². The van der Waals surface area contributed by atoms with E-state index in [-0.39, 0.29) is 18.4 Å². The predicted octanol–water partition coefficient (Wildman–Crippen LogP) is 3.94. The molecule has 0 saturated heterocycles. The van der Waals surface area contributed by atoms with E-state index >= 15 is 0 Å². The van der Waals surface area contributed by atoms with Crippen LogP contribution in [-0.2, 0) is 4.79 Å². The zero-order valence-corrected chi connectivity index (χ0v) is 13.9. The largest absolute Gasteiger partial charge is 0.482 e. The maximum Gasteiger partial charge on any atom is 0.262 e. The maximum absolute atomic E-state index is 12.8. The molecule has 0 bridgehead atoms. The molecule has 1 aliphatic rings. The van der Waals surface area contributed by atoms with E-state index in [4.69, 9.17) is 4.74 Å². The number of anilines is 2. The molecule has 3 aromatic rings. The van der Waals surface area contributed by atoms with Crippen molar-refractivity contribution < 1.29 is 14.3 Å². The van der Waals surface area contributed by atoms with Gasteiger partial charge in [-0.15, -0.1) is 0 Å². The van der Waals surface area contributed by atoms with Crippen LogP contribution in [0, 0.1) is 0 Å². The lowest BCUT2D eigenvalue weighted by atomic mass is 9.99. The topological polar surface area (TPSA) is 67.4 Å². The summed E-state index contributed by atoms with van der Waals surface area (Å²) < 4.78 is 5.33. The number of hydrogen-bond donors (Lipinski definition) is 2. The Morgan fingerprint density at radius 2 is 1.73 bits per heavy atom. The number of benzene rings is 3. The number of rotatable bonds is 3. The zero-order chi connectivity index (χ0) is 17.9. The molecule has 0 spiro atoms. The highest BCUT2D eigenvalue weighted by molar-refractivity contribution is 6.09. The molecule has 2 N–H and O–H groups in total. The molecule has 26 heavy (non-hydrogen) atoms. The van der Waals surface area contributed by atoms with Crippen molar-refractivity contribution in [1.29, 1.82) is 0 Å². The number of carbonyl (C=O) groups is 2. The lowest BCUT2D eigenvalue weighted by Crippen LogP contribution is -2.25. The van der Waals surface area contributed by atoms with Crippen LogP contribution in [0.4, 0.5) is 11.4 Å². The van der Waals surface area contributed by atoms with Gasteiger partial charge in [0.1, 0.15) is 5.75 Å². The normalized spacial score (nSPS) is 12.5. The highest BCUT2D eigenvalue weighted by Gasteiger charge is 2.17. The predicted molar refractivity (Wildman–Crippen MR) is 100 cm³/mol. The molecule has 2 amide bonds. The molecular formula is C21H16N2O3. The molecule has 0 fully saturated rings. The quantitative estimate of drug-likeness (QED) is 0.756. The second-order valence-corrected chi connectivity index (χ2v) is 5.91. The second kappa shape index (κ2) is 6.72. The molecule has 5 heteroatoms. The third kappa shape index (κ3) is 3.15. The van der Waals surface area contributed by atoms with Crippen LogP contribution in [0.5, 0.6) is 5.75 Å². The van der Waals surface area contributed by atoms with Crippen molar-refractivity contribution in [3.05, 3.63) is 78.4 Å². The minimum absolute atomic E-state index is 0.00313. The highest BCUT2D eigenvalue weighted by Crippen LogP contribution is 2.31. The van der Waals surface area contributed by atoms with Gasteiger partial charge in [0.2, 0.25) is 0 Å². The van der Waals surface area contributed by atoms with Crippen molar-refractivity contribution >= 4 is 23.2 Å². The summed E-state index contributed by atoms with van der Waals surface area (Å²) in [5.41, 5.74) is 3.55. The summed E-state index contributed by atoms with van der Waals surface area (Å²) in [5, 5.41) is 5.62. The number of fused-ring (bicyclic) bond motifs is 1. The van der Waals surface area contributed by atoms with Crippen LogP contribution in [0.3, 0.4) is 0 Å². The molecule has 4 rings (SSSR count). The number of ether oxygens (including phenoxy) is 1. The van der Waals surface area contributed by atoms with Gasteiger partial charge in [0.25, 0.3) is 11.8 Å². The first kappa shape index (κ1) is 15.9. The van der Waals surface area contributed by atoms with Gasteiger partial charge in [-0.2, -0.15) is 0 Å². The summed E-state index contributed by atoms with van der Waals surface area (Å²) in [6.07, 6.45) is 0. The fraction of sp³-hybridized carbons (Fsp3) is 0.0476. The van der Waals surface area contributed by atoms with Crippen LogP contribution in [0.2, 0.25) is 0 Å². The lowest BCUT2D eigenvalue weighted by Gasteiger charge is -2.19. The SMILES string of the molecule is O=C1COc2ccc(NC(=O)c3ccccc3-c3ccccc3)cc2N1. The van der Waals surface area contributed by atoms with Gasteiger partial charge in [-0.3, -0.25) is 9.59 Å². The van der Waals surface area contributed by atoms with Gasteiger partial charge in [-0.05, 0) is 35.4 Å².